The summed E-state index contributed by atoms with van der Waals surface area (Å²) in [5, 5.41) is 0. The molecule has 1 aliphatic carbocycles. The van der Waals surface area contributed by atoms with Crippen LogP contribution in [0.15, 0.2) is 23.3 Å². The van der Waals surface area contributed by atoms with Gasteiger partial charge >= 0.3 is 0 Å². The van der Waals surface area contributed by atoms with Gasteiger partial charge in [0.25, 0.3) is 0 Å². The van der Waals surface area contributed by atoms with Crippen LogP contribution in [0.25, 0.3) is 0 Å². The highest BCUT2D eigenvalue weighted by Gasteiger charge is 2.35. The zero-order valence-corrected chi connectivity index (χ0v) is 7.89. The number of hydrogen-bond donors (Lipinski definition) is 0. The predicted molar refractivity (Wildman–Crippen MR) is 50.0 cm³/mol. The molecule has 66 valence electrons. The van der Waals surface area contributed by atoms with Gasteiger partial charge < -0.3 is 4.74 Å². The topological polar surface area (TPSA) is 9.23 Å². The first kappa shape index (κ1) is 8.06. The fourth-order valence-corrected chi connectivity index (χ4v) is 2.22. The summed E-state index contributed by atoms with van der Waals surface area (Å²) in [6, 6.07) is 0. The molecule has 1 fully saturated rings. The summed E-state index contributed by atoms with van der Waals surface area (Å²) >= 11 is 0. The molecule has 0 aromatic heterocycles. The second-order valence-electron chi connectivity index (χ2n) is 4.16. The SMILES string of the molecule is CC1=C2COC[C@]2(C)CCC=C1. The van der Waals surface area contributed by atoms with E-state index in [0.29, 0.717) is 5.41 Å². The Morgan fingerprint density at radius 1 is 1.50 bits per heavy atom. The molecule has 1 heteroatoms. The molecule has 1 nitrogen and oxygen atoms in total. The van der Waals surface area contributed by atoms with Gasteiger partial charge in [-0.2, -0.15) is 0 Å². The lowest BCUT2D eigenvalue weighted by atomic mass is 9.80. The summed E-state index contributed by atoms with van der Waals surface area (Å²) < 4.78 is 5.53. The second-order valence-corrected chi connectivity index (χ2v) is 4.16. The molecule has 0 saturated carbocycles. The molecule has 0 aromatic rings. The van der Waals surface area contributed by atoms with Crippen LogP contribution < -0.4 is 0 Å². The van der Waals surface area contributed by atoms with Crippen molar-refractivity contribution < 1.29 is 4.74 Å². The number of hydrogen-bond acceptors (Lipinski definition) is 1. The quantitative estimate of drug-likeness (QED) is 0.535. The molecule has 12 heavy (non-hydrogen) atoms. The largest absolute Gasteiger partial charge is 0.376 e. The lowest BCUT2D eigenvalue weighted by molar-refractivity contribution is 0.156. The molecule has 0 N–H and O–H groups in total. The number of rotatable bonds is 0. The van der Waals surface area contributed by atoms with Crippen molar-refractivity contribution in [3.8, 4) is 0 Å². The Labute approximate surface area is 74.1 Å². The molecule has 1 heterocycles. The van der Waals surface area contributed by atoms with Gasteiger partial charge in [0.05, 0.1) is 13.2 Å². The van der Waals surface area contributed by atoms with Crippen molar-refractivity contribution in [3.05, 3.63) is 23.3 Å². The maximum Gasteiger partial charge on any atom is 0.0688 e. The Bertz CT molecular complexity index is 250. The highest BCUT2D eigenvalue weighted by atomic mass is 16.5. The van der Waals surface area contributed by atoms with E-state index in [1.54, 1.807) is 0 Å². The van der Waals surface area contributed by atoms with E-state index in [4.69, 9.17) is 4.74 Å². The summed E-state index contributed by atoms with van der Waals surface area (Å²) in [4.78, 5) is 0. The molecule has 2 rings (SSSR count). The lowest BCUT2D eigenvalue weighted by Gasteiger charge is -2.23. The number of allylic oxidation sites excluding steroid dienone is 3. The Kier molecular flexibility index (Phi) is 1.84. The maximum atomic E-state index is 5.53. The van der Waals surface area contributed by atoms with Crippen molar-refractivity contribution >= 4 is 0 Å². The normalized spacial score (nSPS) is 35.2. The van der Waals surface area contributed by atoms with E-state index in [1.807, 2.05) is 0 Å². The van der Waals surface area contributed by atoms with Crippen molar-refractivity contribution in [2.45, 2.75) is 26.7 Å². The molecule has 1 atom stereocenters. The van der Waals surface area contributed by atoms with E-state index in [1.165, 1.54) is 24.0 Å². The summed E-state index contributed by atoms with van der Waals surface area (Å²) in [7, 11) is 0. The molecule has 1 saturated heterocycles. The van der Waals surface area contributed by atoms with Gasteiger partial charge in [-0.25, -0.2) is 0 Å². The number of ether oxygens (including phenoxy) is 1. The minimum absolute atomic E-state index is 0.341. The van der Waals surface area contributed by atoms with Gasteiger partial charge in [0.15, 0.2) is 0 Å². The van der Waals surface area contributed by atoms with E-state index in [-0.39, 0.29) is 0 Å². The van der Waals surface area contributed by atoms with E-state index in [9.17, 15) is 0 Å². The zero-order valence-electron chi connectivity index (χ0n) is 7.89. The molecule has 0 aromatic carbocycles. The minimum atomic E-state index is 0.341. The van der Waals surface area contributed by atoms with Crippen LogP contribution in [0, 0.1) is 5.41 Å². The first-order chi connectivity index (χ1) is 5.72. The van der Waals surface area contributed by atoms with Crippen LogP contribution in [0.3, 0.4) is 0 Å². The molecule has 0 spiro atoms. The average molecular weight is 164 g/mol. The Balaban J connectivity index is 2.40. The van der Waals surface area contributed by atoms with E-state index in [2.05, 4.69) is 26.0 Å². The van der Waals surface area contributed by atoms with Gasteiger partial charge in [-0.3, -0.25) is 0 Å². The molecular formula is C11H16O. The zero-order chi connectivity index (χ0) is 8.60. The van der Waals surface area contributed by atoms with Crippen molar-refractivity contribution in [1.82, 2.24) is 0 Å². The standard InChI is InChI=1S/C11H16O/c1-9-5-3-4-6-11(2)8-12-7-10(9)11/h3,5H,4,6-8H2,1-2H3/t11-/m0/s1. The summed E-state index contributed by atoms with van der Waals surface area (Å²) in [6.07, 6.45) is 6.97. The Morgan fingerprint density at radius 3 is 3.17 bits per heavy atom. The summed E-state index contributed by atoms with van der Waals surface area (Å²) in [5.74, 6) is 0. The molecule has 1 aliphatic heterocycles. The van der Waals surface area contributed by atoms with Crippen LogP contribution in [-0.2, 0) is 4.74 Å². The molecule has 0 unspecified atom stereocenters. The molecule has 2 aliphatic rings. The second kappa shape index (κ2) is 2.74. The van der Waals surface area contributed by atoms with Gasteiger partial charge in [0, 0.05) is 5.41 Å². The van der Waals surface area contributed by atoms with Gasteiger partial charge in [0.1, 0.15) is 0 Å². The lowest BCUT2D eigenvalue weighted by Crippen LogP contribution is -2.18. The third kappa shape index (κ3) is 1.13. The van der Waals surface area contributed by atoms with Gasteiger partial charge in [-0.15, -0.1) is 0 Å². The van der Waals surface area contributed by atoms with Crippen molar-refractivity contribution in [2.24, 2.45) is 5.41 Å². The van der Waals surface area contributed by atoms with Crippen LogP contribution in [0.1, 0.15) is 26.7 Å². The van der Waals surface area contributed by atoms with Gasteiger partial charge in [0.2, 0.25) is 0 Å². The van der Waals surface area contributed by atoms with Gasteiger partial charge in [-0.05, 0) is 30.9 Å². The van der Waals surface area contributed by atoms with E-state index >= 15 is 0 Å². The molecule has 0 radical (unpaired) electrons. The fourth-order valence-electron chi connectivity index (χ4n) is 2.22. The van der Waals surface area contributed by atoms with Crippen LogP contribution in [0.5, 0.6) is 0 Å². The smallest absolute Gasteiger partial charge is 0.0688 e. The monoisotopic (exact) mass is 164 g/mol. The van der Waals surface area contributed by atoms with Gasteiger partial charge in [-0.1, -0.05) is 19.1 Å². The van der Waals surface area contributed by atoms with Crippen molar-refractivity contribution in [2.75, 3.05) is 13.2 Å². The van der Waals surface area contributed by atoms with Crippen molar-refractivity contribution in [3.63, 3.8) is 0 Å². The van der Waals surface area contributed by atoms with Crippen LogP contribution >= 0.6 is 0 Å². The summed E-state index contributed by atoms with van der Waals surface area (Å²) in [5.41, 5.74) is 3.29. The van der Waals surface area contributed by atoms with Crippen LogP contribution in [0.4, 0.5) is 0 Å². The predicted octanol–water partition coefficient (Wildman–Crippen LogP) is 2.69. The average Bonchev–Trinajstić information content (AvgIpc) is 2.36. The third-order valence-corrected chi connectivity index (χ3v) is 3.10. The third-order valence-electron chi connectivity index (χ3n) is 3.10. The highest BCUT2D eigenvalue weighted by Crippen LogP contribution is 2.41. The molecule has 0 bridgehead atoms. The van der Waals surface area contributed by atoms with E-state index in [0.717, 1.165) is 13.2 Å². The molecular weight excluding hydrogens is 148 g/mol. The van der Waals surface area contributed by atoms with Crippen LogP contribution in [-0.4, -0.2) is 13.2 Å². The Morgan fingerprint density at radius 2 is 2.33 bits per heavy atom. The van der Waals surface area contributed by atoms with Crippen LogP contribution in [0.2, 0.25) is 0 Å². The maximum absolute atomic E-state index is 5.53. The molecule has 0 amide bonds. The highest BCUT2D eigenvalue weighted by molar-refractivity contribution is 5.32. The van der Waals surface area contributed by atoms with E-state index < -0.39 is 0 Å². The Hall–Kier alpha value is -0.560. The van der Waals surface area contributed by atoms with Crippen molar-refractivity contribution in [1.29, 1.82) is 0 Å². The fraction of sp³-hybridized carbons (Fsp3) is 0.636. The summed E-state index contributed by atoms with van der Waals surface area (Å²) in [6.45, 7) is 6.30. The minimum Gasteiger partial charge on any atom is -0.376 e. The first-order valence-corrected chi connectivity index (χ1v) is 4.67. The number of fused-ring (bicyclic) bond motifs is 1. The first-order valence-electron chi connectivity index (χ1n) is 4.67.